The number of ether oxygens (including phenoxy) is 3. The van der Waals surface area contributed by atoms with Crippen molar-refractivity contribution in [1.82, 2.24) is 4.90 Å². The molecule has 0 spiro atoms. The van der Waals surface area contributed by atoms with Crippen molar-refractivity contribution in [1.29, 1.82) is 0 Å². The van der Waals surface area contributed by atoms with Crippen LogP contribution in [0.3, 0.4) is 0 Å². The second-order valence-corrected chi connectivity index (χ2v) is 6.07. The van der Waals surface area contributed by atoms with E-state index >= 15 is 0 Å². The molecule has 6 heteroatoms. The van der Waals surface area contributed by atoms with Gasteiger partial charge in [-0.1, -0.05) is 6.07 Å². The zero-order valence-electron chi connectivity index (χ0n) is 14.9. The van der Waals surface area contributed by atoms with Gasteiger partial charge < -0.3 is 19.1 Å². The van der Waals surface area contributed by atoms with Gasteiger partial charge in [0.25, 0.3) is 5.91 Å². The smallest absolute Gasteiger partial charge is 0.254 e. The molecule has 0 bridgehead atoms. The average Bonchev–Trinajstić information content (AvgIpc) is 2.61. The van der Waals surface area contributed by atoms with E-state index < -0.39 is 5.82 Å². The Kier molecular flexibility index (Phi) is 5.73. The molecular weight excluding hydrogens is 337 g/mol. The van der Waals surface area contributed by atoms with Crippen LogP contribution in [0, 0.1) is 5.82 Å². The fourth-order valence-electron chi connectivity index (χ4n) is 2.77. The SMILES string of the molecule is CCOc1ccc(C(=O)N2CC(OCc3ccc(OC)c(F)c3)C2)cc1. The third kappa shape index (κ3) is 4.14. The van der Waals surface area contributed by atoms with Gasteiger partial charge in [0.2, 0.25) is 0 Å². The Labute approximate surface area is 152 Å². The predicted molar refractivity (Wildman–Crippen MR) is 95.0 cm³/mol. The molecule has 1 heterocycles. The molecule has 0 radical (unpaired) electrons. The molecule has 1 aliphatic rings. The molecule has 26 heavy (non-hydrogen) atoms. The van der Waals surface area contributed by atoms with Gasteiger partial charge in [0.05, 0.1) is 26.4 Å². The normalized spacial score (nSPS) is 14.0. The number of carbonyl (C=O) groups excluding carboxylic acids is 1. The fraction of sp³-hybridized carbons (Fsp3) is 0.350. The van der Waals surface area contributed by atoms with E-state index in [4.69, 9.17) is 14.2 Å². The van der Waals surface area contributed by atoms with Crippen LogP contribution in [0.25, 0.3) is 0 Å². The first-order valence-electron chi connectivity index (χ1n) is 8.57. The maximum atomic E-state index is 13.7. The number of methoxy groups -OCH3 is 1. The Bertz CT molecular complexity index is 757. The van der Waals surface area contributed by atoms with E-state index in [2.05, 4.69) is 0 Å². The zero-order valence-corrected chi connectivity index (χ0v) is 14.9. The van der Waals surface area contributed by atoms with Crippen molar-refractivity contribution in [2.24, 2.45) is 0 Å². The fourth-order valence-corrected chi connectivity index (χ4v) is 2.77. The first-order valence-corrected chi connectivity index (χ1v) is 8.57. The maximum absolute atomic E-state index is 13.7. The first-order chi connectivity index (χ1) is 12.6. The van der Waals surface area contributed by atoms with Crippen molar-refractivity contribution >= 4 is 5.91 Å². The number of hydrogen-bond acceptors (Lipinski definition) is 4. The lowest BCUT2D eigenvalue weighted by atomic mass is 10.1. The molecule has 0 aromatic heterocycles. The van der Waals surface area contributed by atoms with Crippen molar-refractivity contribution in [3.8, 4) is 11.5 Å². The third-order valence-electron chi connectivity index (χ3n) is 4.25. The molecular formula is C20H22FNO4. The summed E-state index contributed by atoms with van der Waals surface area (Å²) in [5, 5.41) is 0. The minimum atomic E-state index is -0.408. The third-order valence-corrected chi connectivity index (χ3v) is 4.25. The molecule has 1 saturated heterocycles. The number of benzene rings is 2. The van der Waals surface area contributed by atoms with Crippen LogP contribution in [0.2, 0.25) is 0 Å². The van der Waals surface area contributed by atoms with E-state index in [9.17, 15) is 9.18 Å². The Hall–Kier alpha value is -2.60. The lowest BCUT2D eigenvalue weighted by molar-refractivity contribution is -0.0503. The first kappa shape index (κ1) is 18.2. The van der Waals surface area contributed by atoms with Gasteiger partial charge in [0.1, 0.15) is 5.75 Å². The number of nitrogens with zero attached hydrogens (tertiary/aromatic N) is 1. The summed E-state index contributed by atoms with van der Waals surface area (Å²) < 4.78 is 29.7. The van der Waals surface area contributed by atoms with Crippen LogP contribution in [0.4, 0.5) is 4.39 Å². The quantitative estimate of drug-likeness (QED) is 0.761. The molecule has 0 N–H and O–H groups in total. The second-order valence-electron chi connectivity index (χ2n) is 6.07. The lowest BCUT2D eigenvalue weighted by Gasteiger charge is -2.39. The minimum Gasteiger partial charge on any atom is -0.494 e. The van der Waals surface area contributed by atoms with Gasteiger partial charge in [-0.25, -0.2) is 4.39 Å². The molecule has 2 aromatic rings. The lowest BCUT2D eigenvalue weighted by Crippen LogP contribution is -2.54. The monoisotopic (exact) mass is 359 g/mol. The van der Waals surface area contributed by atoms with E-state index in [-0.39, 0.29) is 17.8 Å². The van der Waals surface area contributed by atoms with Crippen LogP contribution in [-0.4, -0.2) is 43.7 Å². The summed E-state index contributed by atoms with van der Waals surface area (Å²) in [4.78, 5) is 14.1. The standard InChI is InChI=1S/C20H22FNO4/c1-3-25-16-7-5-15(6-8-16)20(23)22-11-17(12-22)26-13-14-4-9-19(24-2)18(21)10-14/h4-10,17H,3,11-13H2,1-2H3. The summed E-state index contributed by atoms with van der Waals surface area (Å²) in [6.45, 7) is 3.88. The summed E-state index contributed by atoms with van der Waals surface area (Å²) in [7, 11) is 1.43. The summed E-state index contributed by atoms with van der Waals surface area (Å²) in [6.07, 6.45) is -0.0354. The molecule has 1 aliphatic heterocycles. The molecule has 0 unspecified atom stereocenters. The highest BCUT2D eigenvalue weighted by Crippen LogP contribution is 2.21. The molecule has 3 rings (SSSR count). The van der Waals surface area contributed by atoms with Crippen molar-refractivity contribution < 1.29 is 23.4 Å². The summed E-state index contributed by atoms with van der Waals surface area (Å²) in [6, 6.07) is 11.9. The van der Waals surface area contributed by atoms with Gasteiger partial charge >= 0.3 is 0 Å². The van der Waals surface area contributed by atoms with Crippen molar-refractivity contribution in [2.45, 2.75) is 19.6 Å². The average molecular weight is 359 g/mol. The van der Waals surface area contributed by atoms with E-state index in [1.165, 1.54) is 13.2 Å². The Morgan fingerprint density at radius 3 is 2.54 bits per heavy atom. The molecule has 138 valence electrons. The van der Waals surface area contributed by atoms with Crippen LogP contribution in [0.5, 0.6) is 11.5 Å². The number of rotatable bonds is 7. The molecule has 0 atom stereocenters. The Morgan fingerprint density at radius 1 is 1.19 bits per heavy atom. The largest absolute Gasteiger partial charge is 0.494 e. The van der Waals surface area contributed by atoms with E-state index in [1.807, 2.05) is 6.92 Å². The van der Waals surface area contributed by atoms with Crippen LogP contribution < -0.4 is 9.47 Å². The number of carbonyl (C=O) groups is 1. The van der Waals surface area contributed by atoms with Crippen LogP contribution in [0.15, 0.2) is 42.5 Å². The van der Waals surface area contributed by atoms with Crippen LogP contribution in [0.1, 0.15) is 22.8 Å². The van der Waals surface area contributed by atoms with Crippen LogP contribution >= 0.6 is 0 Å². The summed E-state index contributed by atoms with van der Waals surface area (Å²) >= 11 is 0. The summed E-state index contributed by atoms with van der Waals surface area (Å²) in [5.74, 6) is 0.531. The van der Waals surface area contributed by atoms with E-state index in [1.54, 1.807) is 41.3 Å². The van der Waals surface area contributed by atoms with E-state index in [0.29, 0.717) is 31.9 Å². The molecule has 1 amide bonds. The van der Waals surface area contributed by atoms with E-state index in [0.717, 1.165) is 11.3 Å². The topological polar surface area (TPSA) is 48.0 Å². The number of hydrogen-bond donors (Lipinski definition) is 0. The number of halogens is 1. The molecule has 0 aliphatic carbocycles. The van der Waals surface area contributed by atoms with Crippen molar-refractivity contribution in [3.63, 3.8) is 0 Å². The van der Waals surface area contributed by atoms with Gasteiger partial charge in [-0.05, 0) is 48.9 Å². The Balaban J connectivity index is 1.46. The van der Waals surface area contributed by atoms with Gasteiger partial charge in [-0.3, -0.25) is 4.79 Å². The highest BCUT2D eigenvalue weighted by Gasteiger charge is 2.31. The minimum absolute atomic E-state index is 0.0246. The van der Waals surface area contributed by atoms with Gasteiger partial charge in [0.15, 0.2) is 11.6 Å². The highest BCUT2D eigenvalue weighted by atomic mass is 19.1. The Morgan fingerprint density at radius 2 is 1.92 bits per heavy atom. The van der Waals surface area contributed by atoms with Gasteiger partial charge in [-0.15, -0.1) is 0 Å². The molecule has 5 nitrogen and oxygen atoms in total. The summed E-state index contributed by atoms with van der Waals surface area (Å²) in [5.41, 5.74) is 1.36. The number of amides is 1. The second kappa shape index (κ2) is 8.19. The van der Waals surface area contributed by atoms with Crippen molar-refractivity contribution in [3.05, 3.63) is 59.4 Å². The molecule has 1 fully saturated rings. The van der Waals surface area contributed by atoms with Gasteiger partial charge in [-0.2, -0.15) is 0 Å². The predicted octanol–water partition coefficient (Wildman–Crippen LogP) is 3.27. The number of likely N-dealkylation sites (tertiary alicyclic amines) is 1. The maximum Gasteiger partial charge on any atom is 0.254 e. The van der Waals surface area contributed by atoms with Crippen molar-refractivity contribution in [2.75, 3.05) is 26.8 Å². The van der Waals surface area contributed by atoms with Crippen LogP contribution in [-0.2, 0) is 11.3 Å². The van der Waals surface area contributed by atoms with Gasteiger partial charge in [0, 0.05) is 18.7 Å². The highest BCUT2D eigenvalue weighted by molar-refractivity contribution is 5.94. The molecule has 0 saturated carbocycles. The molecule has 2 aromatic carbocycles. The zero-order chi connectivity index (χ0) is 18.5.